The fourth-order valence-electron chi connectivity index (χ4n) is 3.05. The van der Waals surface area contributed by atoms with E-state index in [-0.39, 0.29) is 25.6 Å². The van der Waals surface area contributed by atoms with E-state index in [1.54, 1.807) is 11.8 Å². The molecule has 0 amide bonds. The first-order chi connectivity index (χ1) is 11.6. The standard InChI is InChI=1S/C20H23NO2S.ClH/c1-20(12-22,13-23)21-11-18-14-7-3-5-9-16(14)19(24-2)17-10-6-4-8-15(17)18;/h3-10,21-23H,11-13H2,1-2H3;1H. The number of hydrogen-bond donors (Lipinski definition) is 3. The molecule has 3 nitrogen and oxygen atoms in total. The summed E-state index contributed by atoms with van der Waals surface area (Å²) in [6, 6.07) is 16.9. The molecule has 0 aliphatic carbocycles. The summed E-state index contributed by atoms with van der Waals surface area (Å²) in [6.45, 7) is 2.20. The first-order valence-corrected chi connectivity index (χ1v) is 9.29. The van der Waals surface area contributed by atoms with Gasteiger partial charge in [-0.1, -0.05) is 48.5 Å². The second-order valence-corrected chi connectivity index (χ2v) is 7.15. The Kier molecular flexibility index (Phi) is 6.72. The van der Waals surface area contributed by atoms with Crippen molar-refractivity contribution in [1.82, 2.24) is 5.32 Å². The highest BCUT2D eigenvalue weighted by molar-refractivity contribution is 7.99. The van der Waals surface area contributed by atoms with Crippen molar-refractivity contribution in [2.45, 2.75) is 23.9 Å². The second-order valence-electron chi connectivity index (χ2n) is 6.33. The third-order valence-electron chi connectivity index (χ3n) is 4.59. The van der Waals surface area contributed by atoms with E-state index in [4.69, 9.17) is 0 Å². The predicted octanol–water partition coefficient (Wildman–Crippen LogP) is 3.97. The van der Waals surface area contributed by atoms with Crippen LogP contribution in [0.15, 0.2) is 53.4 Å². The predicted molar refractivity (Wildman–Crippen MR) is 110 cm³/mol. The molecule has 3 aromatic rings. The number of benzene rings is 3. The van der Waals surface area contributed by atoms with Gasteiger partial charge in [0, 0.05) is 11.4 Å². The van der Waals surface area contributed by atoms with Crippen LogP contribution in [0.1, 0.15) is 12.5 Å². The zero-order chi connectivity index (χ0) is 17.2. The van der Waals surface area contributed by atoms with Gasteiger partial charge in [0.1, 0.15) is 0 Å². The third kappa shape index (κ3) is 3.78. The number of halogens is 1. The van der Waals surface area contributed by atoms with E-state index in [0.29, 0.717) is 6.54 Å². The van der Waals surface area contributed by atoms with Crippen LogP contribution >= 0.6 is 24.2 Å². The maximum absolute atomic E-state index is 9.55. The number of hydrogen-bond acceptors (Lipinski definition) is 4. The maximum atomic E-state index is 9.55. The van der Waals surface area contributed by atoms with Crippen molar-refractivity contribution in [3.63, 3.8) is 0 Å². The van der Waals surface area contributed by atoms with Gasteiger partial charge in [-0.15, -0.1) is 24.2 Å². The Labute approximate surface area is 158 Å². The van der Waals surface area contributed by atoms with Crippen LogP contribution < -0.4 is 5.32 Å². The molecule has 0 radical (unpaired) electrons. The van der Waals surface area contributed by atoms with Crippen LogP contribution in [0.5, 0.6) is 0 Å². The minimum Gasteiger partial charge on any atom is -0.394 e. The lowest BCUT2D eigenvalue weighted by Gasteiger charge is -2.27. The van der Waals surface area contributed by atoms with E-state index in [1.807, 2.05) is 6.92 Å². The van der Waals surface area contributed by atoms with Crippen LogP contribution in [0.2, 0.25) is 0 Å². The van der Waals surface area contributed by atoms with Crippen LogP contribution in [-0.2, 0) is 6.54 Å². The molecule has 3 N–H and O–H groups in total. The molecule has 134 valence electrons. The van der Waals surface area contributed by atoms with Crippen molar-refractivity contribution >= 4 is 45.7 Å². The van der Waals surface area contributed by atoms with Gasteiger partial charge in [0.2, 0.25) is 0 Å². The zero-order valence-corrected chi connectivity index (χ0v) is 16.1. The van der Waals surface area contributed by atoms with Crippen molar-refractivity contribution < 1.29 is 10.2 Å². The van der Waals surface area contributed by atoms with Crippen LogP contribution in [0.4, 0.5) is 0 Å². The van der Waals surface area contributed by atoms with Crippen molar-refractivity contribution in [3.05, 3.63) is 54.1 Å². The van der Waals surface area contributed by atoms with E-state index in [9.17, 15) is 10.2 Å². The molecule has 0 heterocycles. The molecule has 0 spiro atoms. The van der Waals surface area contributed by atoms with Gasteiger partial charge in [0.15, 0.2) is 0 Å². The molecule has 3 aromatic carbocycles. The molecule has 3 rings (SSSR count). The monoisotopic (exact) mass is 377 g/mol. The fraction of sp³-hybridized carbons (Fsp3) is 0.300. The third-order valence-corrected chi connectivity index (χ3v) is 5.44. The average molecular weight is 378 g/mol. The van der Waals surface area contributed by atoms with Crippen LogP contribution in [0, 0.1) is 0 Å². The van der Waals surface area contributed by atoms with Crippen molar-refractivity contribution in [3.8, 4) is 0 Å². The van der Waals surface area contributed by atoms with Gasteiger partial charge in [-0.2, -0.15) is 0 Å². The first kappa shape index (κ1) is 20.0. The molecular weight excluding hydrogens is 354 g/mol. The highest BCUT2D eigenvalue weighted by Gasteiger charge is 2.22. The summed E-state index contributed by atoms with van der Waals surface area (Å²) >= 11 is 1.77. The van der Waals surface area contributed by atoms with Gasteiger partial charge < -0.3 is 15.5 Å². The Morgan fingerprint density at radius 1 is 0.880 bits per heavy atom. The molecule has 0 saturated heterocycles. The zero-order valence-electron chi connectivity index (χ0n) is 14.5. The Balaban J connectivity index is 0.00000225. The molecule has 0 bridgehead atoms. The van der Waals surface area contributed by atoms with Crippen LogP contribution in [0.3, 0.4) is 0 Å². The molecule has 0 unspecified atom stereocenters. The number of rotatable bonds is 6. The summed E-state index contributed by atoms with van der Waals surface area (Å²) in [5.41, 5.74) is 0.507. The summed E-state index contributed by atoms with van der Waals surface area (Å²) in [6.07, 6.45) is 2.11. The van der Waals surface area contributed by atoms with Crippen molar-refractivity contribution in [2.24, 2.45) is 0 Å². The molecule has 0 fully saturated rings. The lowest BCUT2D eigenvalue weighted by molar-refractivity contribution is 0.103. The molecule has 0 saturated carbocycles. The van der Waals surface area contributed by atoms with Crippen molar-refractivity contribution in [1.29, 1.82) is 0 Å². The van der Waals surface area contributed by atoms with Gasteiger partial charge in [-0.05, 0) is 40.3 Å². The normalized spacial score (nSPS) is 11.7. The Hall–Kier alpha value is -1.30. The average Bonchev–Trinajstić information content (AvgIpc) is 2.64. The molecule has 0 atom stereocenters. The number of aliphatic hydroxyl groups is 2. The topological polar surface area (TPSA) is 52.5 Å². The van der Waals surface area contributed by atoms with E-state index >= 15 is 0 Å². The highest BCUT2D eigenvalue weighted by atomic mass is 35.5. The van der Waals surface area contributed by atoms with Gasteiger partial charge >= 0.3 is 0 Å². The second kappa shape index (κ2) is 8.39. The molecular formula is C20H24ClNO2S. The summed E-state index contributed by atoms with van der Waals surface area (Å²) in [7, 11) is 0. The number of aliphatic hydroxyl groups excluding tert-OH is 2. The lowest BCUT2D eigenvalue weighted by Crippen LogP contribution is -2.48. The lowest BCUT2D eigenvalue weighted by atomic mass is 9.95. The van der Waals surface area contributed by atoms with Crippen molar-refractivity contribution in [2.75, 3.05) is 19.5 Å². The smallest absolute Gasteiger partial charge is 0.0633 e. The minimum absolute atomic E-state index is 0. The minimum atomic E-state index is -0.694. The van der Waals surface area contributed by atoms with Crippen LogP contribution in [-0.4, -0.2) is 35.2 Å². The van der Waals surface area contributed by atoms with E-state index in [0.717, 1.165) is 0 Å². The van der Waals surface area contributed by atoms with E-state index in [2.05, 4.69) is 60.1 Å². The first-order valence-electron chi connectivity index (χ1n) is 8.06. The quantitative estimate of drug-likeness (QED) is 0.449. The highest BCUT2D eigenvalue weighted by Crippen LogP contribution is 2.37. The SMILES string of the molecule is CSc1c2ccccc2c(CNC(C)(CO)CO)c2ccccc12.Cl. The van der Waals surface area contributed by atoms with E-state index in [1.165, 1.54) is 32.0 Å². The summed E-state index contributed by atoms with van der Waals surface area (Å²) in [4.78, 5) is 1.29. The number of nitrogens with one attached hydrogen (secondary N) is 1. The summed E-state index contributed by atoms with van der Waals surface area (Å²) in [5, 5.41) is 27.3. The Morgan fingerprint density at radius 2 is 1.32 bits per heavy atom. The summed E-state index contributed by atoms with van der Waals surface area (Å²) in [5.74, 6) is 0. The Bertz CT molecular complexity index is 808. The van der Waals surface area contributed by atoms with Crippen LogP contribution in [0.25, 0.3) is 21.5 Å². The molecule has 25 heavy (non-hydrogen) atoms. The summed E-state index contributed by atoms with van der Waals surface area (Å²) < 4.78 is 0. The molecule has 0 aliphatic rings. The molecule has 5 heteroatoms. The van der Waals surface area contributed by atoms with E-state index < -0.39 is 5.54 Å². The number of thioether (sulfide) groups is 1. The number of fused-ring (bicyclic) bond motifs is 2. The molecule has 0 aliphatic heterocycles. The maximum Gasteiger partial charge on any atom is 0.0633 e. The Morgan fingerprint density at radius 3 is 1.72 bits per heavy atom. The molecule has 0 aromatic heterocycles. The fourth-order valence-corrected chi connectivity index (χ4v) is 3.85. The largest absolute Gasteiger partial charge is 0.394 e. The van der Waals surface area contributed by atoms with Gasteiger partial charge in [-0.25, -0.2) is 0 Å². The van der Waals surface area contributed by atoms with Gasteiger partial charge in [0.25, 0.3) is 0 Å². The van der Waals surface area contributed by atoms with Gasteiger partial charge in [-0.3, -0.25) is 0 Å². The van der Waals surface area contributed by atoms with Gasteiger partial charge in [0.05, 0.1) is 18.8 Å².